The molecule has 0 aliphatic carbocycles. The molecular formula is C23H28FN3O4. The maximum Gasteiger partial charge on any atom is 0.220 e. The molecule has 2 atom stereocenters. The second kappa shape index (κ2) is 10.2. The molecular weight excluding hydrogens is 401 g/mol. The number of pyridine rings is 1. The fraction of sp³-hybridized carbons (Fsp3) is 0.435. The lowest BCUT2D eigenvalue weighted by molar-refractivity contribution is -0.123. The minimum Gasteiger partial charge on any atom is -0.497 e. The highest BCUT2D eigenvalue weighted by Gasteiger charge is 2.38. The van der Waals surface area contributed by atoms with E-state index >= 15 is 0 Å². The van der Waals surface area contributed by atoms with Crippen molar-refractivity contribution >= 4 is 11.8 Å². The summed E-state index contributed by atoms with van der Waals surface area (Å²) in [5.74, 6) is 0.474. The van der Waals surface area contributed by atoms with E-state index in [4.69, 9.17) is 9.47 Å². The van der Waals surface area contributed by atoms with Crippen LogP contribution in [0.4, 0.5) is 4.39 Å². The molecule has 7 nitrogen and oxygen atoms in total. The zero-order valence-corrected chi connectivity index (χ0v) is 17.8. The van der Waals surface area contributed by atoms with E-state index in [1.54, 1.807) is 36.7 Å². The maximum atomic E-state index is 14.5. The smallest absolute Gasteiger partial charge is 0.220 e. The maximum absolute atomic E-state index is 14.5. The number of rotatable bonds is 10. The highest BCUT2D eigenvalue weighted by Crippen LogP contribution is 2.31. The highest BCUT2D eigenvalue weighted by atomic mass is 19.1. The second-order valence-corrected chi connectivity index (χ2v) is 7.88. The number of hydrogen-bond donors (Lipinski definition) is 2. The molecule has 3 rings (SSSR count). The van der Waals surface area contributed by atoms with Crippen LogP contribution in [0.3, 0.4) is 0 Å². The third kappa shape index (κ3) is 6.41. The van der Waals surface area contributed by atoms with Crippen molar-refractivity contribution in [2.45, 2.75) is 50.7 Å². The molecule has 31 heavy (non-hydrogen) atoms. The third-order valence-corrected chi connectivity index (χ3v) is 5.41. The van der Waals surface area contributed by atoms with Crippen LogP contribution in [-0.2, 0) is 16.0 Å². The lowest BCUT2D eigenvalue weighted by Crippen LogP contribution is -2.45. The minimum atomic E-state index is -0.637. The van der Waals surface area contributed by atoms with Gasteiger partial charge in [-0.1, -0.05) is 6.07 Å². The van der Waals surface area contributed by atoms with Crippen LogP contribution in [0.2, 0.25) is 0 Å². The van der Waals surface area contributed by atoms with Gasteiger partial charge in [0.2, 0.25) is 11.8 Å². The number of aromatic nitrogens is 1. The number of hydrogen-bond acceptors (Lipinski definition) is 5. The standard InChI is InChI=1S/C23H28FN3O4/c1-16(31-19-4-3-11-25-15-19)14-26-21(28)7-9-23(10-8-22(29)27-23)13-17-5-6-18(30-2)12-20(17)24/h3-6,11-12,15-16H,7-10,13-14H2,1-2H3,(H,26,28)(H,27,29)/t16-,23-/m0/s1. The average molecular weight is 429 g/mol. The van der Waals surface area contributed by atoms with Crippen LogP contribution in [-0.4, -0.2) is 42.1 Å². The van der Waals surface area contributed by atoms with Crippen molar-refractivity contribution in [3.05, 3.63) is 54.1 Å². The topological polar surface area (TPSA) is 89.6 Å². The van der Waals surface area contributed by atoms with E-state index in [0.717, 1.165) is 0 Å². The summed E-state index contributed by atoms with van der Waals surface area (Å²) in [5, 5.41) is 5.83. The molecule has 166 valence electrons. The number of methoxy groups -OCH3 is 1. The molecule has 0 radical (unpaired) electrons. The van der Waals surface area contributed by atoms with Crippen molar-refractivity contribution in [3.8, 4) is 11.5 Å². The molecule has 1 aliphatic rings. The summed E-state index contributed by atoms with van der Waals surface area (Å²) in [7, 11) is 1.48. The SMILES string of the molecule is COc1ccc(C[C@]2(CCC(=O)NC[C@H](C)Oc3cccnc3)CCC(=O)N2)c(F)c1. The van der Waals surface area contributed by atoms with Gasteiger partial charge < -0.3 is 20.1 Å². The summed E-state index contributed by atoms with van der Waals surface area (Å²) in [5.41, 5.74) is -0.149. The molecule has 2 amide bonds. The van der Waals surface area contributed by atoms with Crippen LogP contribution >= 0.6 is 0 Å². The summed E-state index contributed by atoms with van der Waals surface area (Å²) in [6.07, 6.45) is 4.95. The summed E-state index contributed by atoms with van der Waals surface area (Å²) < 4.78 is 25.2. The van der Waals surface area contributed by atoms with Gasteiger partial charge in [-0.3, -0.25) is 14.6 Å². The molecule has 8 heteroatoms. The summed E-state index contributed by atoms with van der Waals surface area (Å²) in [6, 6.07) is 8.27. The number of nitrogens with one attached hydrogen (secondary N) is 2. The summed E-state index contributed by atoms with van der Waals surface area (Å²) >= 11 is 0. The molecule has 0 bridgehead atoms. The van der Waals surface area contributed by atoms with Crippen molar-refractivity contribution in [1.82, 2.24) is 15.6 Å². The Kier molecular flexibility index (Phi) is 7.44. The second-order valence-electron chi connectivity index (χ2n) is 7.88. The van der Waals surface area contributed by atoms with Crippen LogP contribution in [0, 0.1) is 5.82 Å². The number of nitrogens with zero attached hydrogens (tertiary/aromatic N) is 1. The highest BCUT2D eigenvalue weighted by molar-refractivity contribution is 5.80. The van der Waals surface area contributed by atoms with Crippen molar-refractivity contribution < 1.29 is 23.5 Å². The van der Waals surface area contributed by atoms with Crippen LogP contribution in [0.25, 0.3) is 0 Å². The molecule has 0 unspecified atom stereocenters. The fourth-order valence-electron chi connectivity index (χ4n) is 3.73. The first-order valence-electron chi connectivity index (χ1n) is 10.4. The predicted molar refractivity (Wildman–Crippen MR) is 113 cm³/mol. The van der Waals surface area contributed by atoms with Crippen molar-refractivity contribution in [2.24, 2.45) is 0 Å². The number of amides is 2. The zero-order valence-electron chi connectivity index (χ0n) is 17.8. The minimum absolute atomic E-state index is 0.0761. The quantitative estimate of drug-likeness (QED) is 0.606. The Bertz CT molecular complexity index is 909. The predicted octanol–water partition coefficient (Wildman–Crippen LogP) is 2.78. The molecule has 2 N–H and O–H groups in total. The lowest BCUT2D eigenvalue weighted by atomic mass is 9.84. The first-order chi connectivity index (χ1) is 14.9. The van der Waals surface area contributed by atoms with Gasteiger partial charge in [-0.2, -0.15) is 0 Å². The Morgan fingerprint density at radius 1 is 1.35 bits per heavy atom. The van der Waals surface area contributed by atoms with E-state index in [0.29, 0.717) is 49.3 Å². The largest absolute Gasteiger partial charge is 0.497 e. The Labute approximate surface area is 181 Å². The molecule has 2 heterocycles. The molecule has 1 saturated heterocycles. The van der Waals surface area contributed by atoms with E-state index in [-0.39, 0.29) is 30.2 Å². The monoisotopic (exact) mass is 429 g/mol. The van der Waals surface area contributed by atoms with Crippen molar-refractivity contribution in [3.63, 3.8) is 0 Å². The van der Waals surface area contributed by atoms with Gasteiger partial charge in [-0.25, -0.2) is 4.39 Å². The Hall–Kier alpha value is -3.16. The van der Waals surface area contributed by atoms with Gasteiger partial charge in [-0.05, 0) is 49.9 Å². The van der Waals surface area contributed by atoms with E-state index in [9.17, 15) is 14.0 Å². The number of benzene rings is 1. The van der Waals surface area contributed by atoms with Gasteiger partial charge in [0, 0.05) is 30.6 Å². The summed E-state index contributed by atoms with van der Waals surface area (Å²) in [6.45, 7) is 2.21. The van der Waals surface area contributed by atoms with Gasteiger partial charge in [0.15, 0.2) is 0 Å². The van der Waals surface area contributed by atoms with Gasteiger partial charge in [-0.15, -0.1) is 0 Å². The van der Waals surface area contributed by atoms with E-state index in [1.165, 1.54) is 13.2 Å². The number of halogens is 1. The first kappa shape index (κ1) is 22.5. The van der Waals surface area contributed by atoms with E-state index in [2.05, 4.69) is 15.6 Å². The number of ether oxygens (including phenoxy) is 2. The van der Waals surface area contributed by atoms with Crippen LogP contribution in [0.5, 0.6) is 11.5 Å². The molecule has 2 aromatic rings. The van der Waals surface area contributed by atoms with E-state index in [1.807, 2.05) is 6.92 Å². The van der Waals surface area contributed by atoms with Crippen molar-refractivity contribution in [1.29, 1.82) is 0 Å². The first-order valence-corrected chi connectivity index (χ1v) is 10.4. The van der Waals surface area contributed by atoms with Gasteiger partial charge in [0.05, 0.1) is 19.9 Å². The third-order valence-electron chi connectivity index (χ3n) is 5.41. The molecule has 0 saturated carbocycles. The van der Waals surface area contributed by atoms with E-state index < -0.39 is 5.54 Å². The summed E-state index contributed by atoms with van der Waals surface area (Å²) in [4.78, 5) is 28.3. The average Bonchev–Trinajstić information content (AvgIpc) is 3.13. The van der Waals surface area contributed by atoms with Crippen LogP contribution in [0.15, 0.2) is 42.7 Å². The Balaban J connectivity index is 1.53. The van der Waals surface area contributed by atoms with Gasteiger partial charge in [0.1, 0.15) is 23.4 Å². The number of carbonyl (C=O) groups excluding carboxylic acids is 2. The Morgan fingerprint density at radius 3 is 2.84 bits per heavy atom. The Morgan fingerprint density at radius 2 is 2.19 bits per heavy atom. The molecule has 1 fully saturated rings. The molecule has 1 aromatic heterocycles. The fourth-order valence-corrected chi connectivity index (χ4v) is 3.73. The normalized spacial score (nSPS) is 18.9. The zero-order chi connectivity index (χ0) is 22.3. The van der Waals surface area contributed by atoms with Gasteiger partial charge in [0.25, 0.3) is 0 Å². The molecule has 1 aliphatic heterocycles. The van der Waals surface area contributed by atoms with Gasteiger partial charge >= 0.3 is 0 Å². The lowest BCUT2D eigenvalue weighted by Gasteiger charge is -2.29. The van der Waals surface area contributed by atoms with Crippen molar-refractivity contribution in [2.75, 3.05) is 13.7 Å². The molecule has 0 spiro atoms. The molecule has 1 aromatic carbocycles. The van der Waals surface area contributed by atoms with Crippen LogP contribution in [0.1, 0.15) is 38.2 Å². The van der Waals surface area contributed by atoms with Crippen LogP contribution < -0.4 is 20.1 Å². The number of carbonyl (C=O) groups is 2.